The first kappa shape index (κ1) is 21.2. The Morgan fingerprint density at radius 2 is 1.79 bits per heavy atom. The van der Waals surface area contributed by atoms with E-state index < -0.39 is 0 Å². The number of benzene rings is 2. The maximum atomic E-state index is 12.4. The number of aryl methyl sites for hydroxylation is 2. The van der Waals surface area contributed by atoms with E-state index in [9.17, 15) is 4.79 Å². The van der Waals surface area contributed by atoms with Crippen LogP contribution in [-0.2, 0) is 24.2 Å². The van der Waals surface area contributed by atoms with E-state index in [0.717, 1.165) is 29.7 Å². The highest BCUT2D eigenvalue weighted by Gasteiger charge is 2.13. The van der Waals surface area contributed by atoms with E-state index in [2.05, 4.69) is 29.4 Å². The predicted molar refractivity (Wildman–Crippen MR) is 115 cm³/mol. The second-order valence-electron chi connectivity index (χ2n) is 6.20. The molecule has 152 valence electrons. The molecular formula is C21H22ClN3O3S. The first-order valence-corrected chi connectivity index (χ1v) is 10.7. The summed E-state index contributed by atoms with van der Waals surface area (Å²) < 4.78 is 11.1. The first-order chi connectivity index (χ1) is 14.1. The summed E-state index contributed by atoms with van der Waals surface area (Å²) in [7, 11) is 0. The van der Waals surface area contributed by atoms with Gasteiger partial charge in [0, 0.05) is 10.7 Å². The summed E-state index contributed by atoms with van der Waals surface area (Å²) >= 11 is 7.04. The van der Waals surface area contributed by atoms with E-state index in [0.29, 0.717) is 21.9 Å². The van der Waals surface area contributed by atoms with Crippen molar-refractivity contribution >= 4 is 35.0 Å². The van der Waals surface area contributed by atoms with Crippen LogP contribution in [0.1, 0.15) is 30.9 Å². The summed E-state index contributed by atoms with van der Waals surface area (Å²) in [6, 6.07) is 13.1. The molecule has 29 heavy (non-hydrogen) atoms. The number of thioether (sulfide) groups is 1. The predicted octanol–water partition coefficient (Wildman–Crippen LogP) is 5.16. The zero-order valence-corrected chi connectivity index (χ0v) is 17.8. The molecule has 1 aromatic heterocycles. The molecule has 0 aliphatic carbocycles. The van der Waals surface area contributed by atoms with Gasteiger partial charge in [0.2, 0.25) is 5.91 Å². The average molecular weight is 432 g/mol. The van der Waals surface area contributed by atoms with Crippen LogP contribution in [-0.4, -0.2) is 21.9 Å². The van der Waals surface area contributed by atoms with Crippen molar-refractivity contribution in [2.45, 2.75) is 38.5 Å². The molecule has 0 bridgehead atoms. The maximum absolute atomic E-state index is 12.4. The Bertz CT molecular complexity index is 938. The largest absolute Gasteiger partial charge is 0.484 e. The fourth-order valence-corrected chi connectivity index (χ4v) is 3.44. The second kappa shape index (κ2) is 10.3. The fraction of sp³-hybridized carbons (Fsp3) is 0.286. The maximum Gasteiger partial charge on any atom is 0.277 e. The van der Waals surface area contributed by atoms with Gasteiger partial charge in [-0.05, 0) is 48.2 Å². The number of para-hydroxylation sites is 1. The minimum atomic E-state index is -0.109. The van der Waals surface area contributed by atoms with Crippen molar-refractivity contribution in [2.24, 2.45) is 0 Å². The highest BCUT2D eigenvalue weighted by molar-refractivity contribution is 7.99. The molecule has 8 heteroatoms. The van der Waals surface area contributed by atoms with E-state index in [1.807, 2.05) is 18.2 Å². The van der Waals surface area contributed by atoms with E-state index in [4.69, 9.17) is 20.8 Å². The molecule has 0 fully saturated rings. The summed E-state index contributed by atoms with van der Waals surface area (Å²) in [5, 5.41) is 11.9. The molecule has 1 amide bonds. The molecule has 3 rings (SSSR count). The van der Waals surface area contributed by atoms with Gasteiger partial charge in [0.25, 0.3) is 11.1 Å². The number of carbonyl (C=O) groups excluding carboxylic acids is 1. The van der Waals surface area contributed by atoms with Gasteiger partial charge in [-0.2, -0.15) is 0 Å². The minimum Gasteiger partial charge on any atom is -0.484 e. The van der Waals surface area contributed by atoms with Crippen molar-refractivity contribution in [3.8, 4) is 5.75 Å². The number of nitrogens with one attached hydrogen (secondary N) is 1. The monoisotopic (exact) mass is 431 g/mol. The van der Waals surface area contributed by atoms with Crippen LogP contribution in [0.25, 0.3) is 0 Å². The Hall–Kier alpha value is -2.51. The van der Waals surface area contributed by atoms with Crippen molar-refractivity contribution in [1.82, 2.24) is 10.2 Å². The molecule has 1 N–H and O–H groups in total. The zero-order chi connectivity index (χ0) is 20.6. The molecule has 0 radical (unpaired) electrons. The number of anilines is 1. The Kier molecular flexibility index (Phi) is 7.55. The number of amides is 1. The molecular weight excluding hydrogens is 410 g/mol. The molecule has 0 saturated carbocycles. The third-order valence-electron chi connectivity index (χ3n) is 4.21. The van der Waals surface area contributed by atoms with Gasteiger partial charge < -0.3 is 14.5 Å². The smallest absolute Gasteiger partial charge is 0.277 e. The molecule has 0 atom stereocenters. The molecule has 6 nitrogen and oxygen atoms in total. The number of hydrogen-bond donors (Lipinski definition) is 1. The molecule has 0 saturated heterocycles. The Morgan fingerprint density at radius 1 is 1.10 bits per heavy atom. The van der Waals surface area contributed by atoms with Crippen LogP contribution < -0.4 is 10.1 Å². The van der Waals surface area contributed by atoms with E-state index in [1.165, 1.54) is 11.8 Å². The third kappa shape index (κ3) is 5.98. The van der Waals surface area contributed by atoms with Crippen molar-refractivity contribution in [3.63, 3.8) is 0 Å². The highest BCUT2D eigenvalue weighted by atomic mass is 35.5. The Labute approximate surface area is 179 Å². The molecule has 0 unspecified atom stereocenters. The molecule has 1 heterocycles. The van der Waals surface area contributed by atoms with Gasteiger partial charge in [0.1, 0.15) is 5.75 Å². The number of halogens is 1. The van der Waals surface area contributed by atoms with Gasteiger partial charge in [-0.3, -0.25) is 4.79 Å². The van der Waals surface area contributed by atoms with Crippen LogP contribution in [0.2, 0.25) is 5.02 Å². The van der Waals surface area contributed by atoms with Crippen molar-refractivity contribution in [1.29, 1.82) is 0 Å². The summed E-state index contributed by atoms with van der Waals surface area (Å²) in [4.78, 5) is 12.4. The third-order valence-corrected chi connectivity index (χ3v) is 5.28. The summed E-state index contributed by atoms with van der Waals surface area (Å²) in [6.45, 7) is 4.29. The van der Waals surface area contributed by atoms with Crippen molar-refractivity contribution in [3.05, 3.63) is 64.5 Å². The quantitative estimate of drug-likeness (QED) is 0.471. The summed E-state index contributed by atoms with van der Waals surface area (Å²) in [5.41, 5.74) is 3.16. The second-order valence-corrected chi connectivity index (χ2v) is 7.56. The standard InChI is InChI=1S/C21H22ClN3O3S/c1-3-14-6-5-7-15(4-2)20(14)23-18(26)13-29-21-25-24-19(28-21)12-27-17-10-8-16(22)9-11-17/h5-11H,3-4,12-13H2,1-2H3,(H,23,26). The van der Waals surface area contributed by atoms with E-state index in [-0.39, 0.29) is 18.3 Å². The van der Waals surface area contributed by atoms with Gasteiger partial charge in [-0.15, -0.1) is 10.2 Å². The lowest BCUT2D eigenvalue weighted by Gasteiger charge is -2.14. The molecule has 0 spiro atoms. The first-order valence-electron chi connectivity index (χ1n) is 9.33. The van der Waals surface area contributed by atoms with Crippen LogP contribution >= 0.6 is 23.4 Å². The number of ether oxygens (including phenoxy) is 1. The number of carbonyl (C=O) groups is 1. The number of rotatable bonds is 9. The molecule has 2 aromatic carbocycles. The lowest BCUT2D eigenvalue weighted by molar-refractivity contribution is -0.113. The average Bonchev–Trinajstić information content (AvgIpc) is 3.20. The Morgan fingerprint density at radius 3 is 2.45 bits per heavy atom. The van der Waals surface area contributed by atoms with Crippen LogP contribution in [0.15, 0.2) is 52.1 Å². The fourth-order valence-electron chi connectivity index (χ4n) is 2.74. The summed E-state index contributed by atoms with van der Waals surface area (Å²) in [5.74, 6) is 1.07. The SMILES string of the molecule is CCc1cccc(CC)c1NC(=O)CSc1nnc(COc2ccc(Cl)cc2)o1. The normalized spacial score (nSPS) is 10.7. The minimum absolute atomic E-state index is 0.109. The van der Waals surface area contributed by atoms with Gasteiger partial charge in [-0.25, -0.2) is 0 Å². The van der Waals surface area contributed by atoms with Crippen LogP contribution in [0.5, 0.6) is 5.75 Å². The van der Waals surface area contributed by atoms with Gasteiger partial charge in [0.15, 0.2) is 6.61 Å². The van der Waals surface area contributed by atoms with Crippen LogP contribution in [0.4, 0.5) is 5.69 Å². The lowest BCUT2D eigenvalue weighted by Crippen LogP contribution is -2.16. The molecule has 0 aliphatic rings. The van der Waals surface area contributed by atoms with Crippen LogP contribution in [0.3, 0.4) is 0 Å². The molecule has 0 aliphatic heterocycles. The lowest BCUT2D eigenvalue weighted by atomic mass is 10.0. The van der Waals surface area contributed by atoms with E-state index >= 15 is 0 Å². The number of hydrogen-bond acceptors (Lipinski definition) is 6. The number of aromatic nitrogens is 2. The topological polar surface area (TPSA) is 77.2 Å². The van der Waals surface area contributed by atoms with Crippen molar-refractivity contribution < 1.29 is 13.9 Å². The van der Waals surface area contributed by atoms with Gasteiger partial charge in [0.05, 0.1) is 5.75 Å². The van der Waals surface area contributed by atoms with Crippen LogP contribution in [0, 0.1) is 0 Å². The Balaban J connectivity index is 1.52. The number of nitrogens with zero attached hydrogens (tertiary/aromatic N) is 2. The van der Waals surface area contributed by atoms with E-state index in [1.54, 1.807) is 24.3 Å². The molecule has 3 aromatic rings. The van der Waals surface area contributed by atoms with Crippen molar-refractivity contribution in [2.75, 3.05) is 11.1 Å². The van der Waals surface area contributed by atoms with Gasteiger partial charge >= 0.3 is 0 Å². The zero-order valence-electron chi connectivity index (χ0n) is 16.3. The highest BCUT2D eigenvalue weighted by Crippen LogP contribution is 2.24. The van der Waals surface area contributed by atoms with Gasteiger partial charge in [-0.1, -0.05) is 55.4 Å². The summed E-state index contributed by atoms with van der Waals surface area (Å²) in [6.07, 6.45) is 1.72.